The van der Waals surface area contributed by atoms with E-state index >= 15 is 0 Å². The van der Waals surface area contributed by atoms with Crippen LogP contribution in [-0.4, -0.2) is 24.0 Å². The molecule has 0 aliphatic carbocycles. The van der Waals surface area contributed by atoms with Crippen LogP contribution in [0.2, 0.25) is 0 Å². The lowest BCUT2D eigenvalue weighted by Crippen LogP contribution is -2.50. The first-order chi connectivity index (χ1) is 7.87. The lowest BCUT2D eigenvalue weighted by Gasteiger charge is -2.39. The van der Waals surface area contributed by atoms with Crippen molar-refractivity contribution in [3.05, 3.63) is 23.7 Å². The summed E-state index contributed by atoms with van der Waals surface area (Å²) >= 11 is 0. The molecule has 98 valence electrons. The molecular formula is C14H26N2O. The number of rotatable bonds is 6. The van der Waals surface area contributed by atoms with Crippen molar-refractivity contribution in [1.82, 2.24) is 4.90 Å². The second-order valence-electron chi connectivity index (χ2n) is 5.67. The van der Waals surface area contributed by atoms with Crippen molar-refractivity contribution < 1.29 is 4.42 Å². The Hall–Kier alpha value is -0.800. The molecule has 0 bridgehead atoms. The number of nitrogens with zero attached hydrogens (tertiary/aromatic N) is 1. The van der Waals surface area contributed by atoms with Gasteiger partial charge in [0.1, 0.15) is 11.5 Å². The highest BCUT2D eigenvalue weighted by Crippen LogP contribution is 2.24. The Kier molecular flexibility index (Phi) is 4.78. The molecule has 1 aromatic rings. The summed E-state index contributed by atoms with van der Waals surface area (Å²) in [6.45, 7) is 10.1. The lowest BCUT2D eigenvalue weighted by atomic mass is 9.89. The molecule has 0 aliphatic heterocycles. The van der Waals surface area contributed by atoms with Crippen LogP contribution in [0.5, 0.6) is 0 Å². The van der Waals surface area contributed by atoms with Gasteiger partial charge in [-0.15, -0.1) is 0 Å². The Morgan fingerprint density at radius 2 is 2.06 bits per heavy atom. The molecule has 3 heteroatoms. The maximum absolute atomic E-state index is 5.94. The Morgan fingerprint density at radius 1 is 1.41 bits per heavy atom. The smallest absolute Gasteiger partial charge is 0.118 e. The minimum absolute atomic E-state index is 0.0366. The first-order valence-corrected chi connectivity index (χ1v) is 6.34. The maximum atomic E-state index is 5.94. The van der Waals surface area contributed by atoms with Crippen molar-refractivity contribution in [3.8, 4) is 0 Å². The van der Waals surface area contributed by atoms with Crippen LogP contribution >= 0.6 is 0 Å². The summed E-state index contributed by atoms with van der Waals surface area (Å²) in [4.78, 5) is 2.30. The van der Waals surface area contributed by atoms with Crippen molar-refractivity contribution in [2.75, 3.05) is 13.6 Å². The highest BCUT2D eigenvalue weighted by atomic mass is 16.3. The largest absolute Gasteiger partial charge is 0.465 e. The van der Waals surface area contributed by atoms with Gasteiger partial charge in [-0.3, -0.25) is 4.90 Å². The summed E-state index contributed by atoms with van der Waals surface area (Å²) in [5.74, 6) is 2.62. The van der Waals surface area contributed by atoms with E-state index in [2.05, 4.69) is 32.7 Å². The van der Waals surface area contributed by atoms with E-state index in [4.69, 9.17) is 10.2 Å². The number of likely N-dealkylation sites (N-methyl/N-ethyl adjacent to an activating group) is 1. The van der Waals surface area contributed by atoms with Gasteiger partial charge in [0.05, 0.1) is 6.54 Å². The second-order valence-corrected chi connectivity index (χ2v) is 5.67. The average molecular weight is 238 g/mol. The molecule has 1 atom stereocenters. The number of aryl methyl sites for hydroxylation is 1. The first kappa shape index (κ1) is 14.3. The zero-order valence-electron chi connectivity index (χ0n) is 11.8. The highest BCUT2D eigenvalue weighted by Gasteiger charge is 2.29. The van der Waals surface area contributed by atoms with Crippen molar-refractivity contribution in [2.45, 2.75) is 46.2 Å². The average Bonchev–Trinajstić information content (AvgIpc) is 2.62. The van der Waals surface area contributed by atoms with Gasteiger partial charge >= 0.3 is 0 Å². The molecule has 0 spiro atoms. The number of hydrogen-bond acceptors (Lipinski definition) is 3. The van der Waals surface area contributed by atoms with Crippen LogP contribution in [0.1, 0.15) is 38.7 Å². The van der Waals surface area contributed by atoms with Gasteiger partial charge in [0.25, 0.3) is 0 Å². The van der Waals surface area contributed by atoms with Gasteiger partial charge in [0, 0.05) is 12.1 Å². The molecule has 1 heterocycles. The summed E-state index contributed by atoms with van der Waals surface area (Å²) in [7, 11) is 2.12. The first-order valence-electron chi connectivity index (χ1n) is 6.34. The summed E-state index contributed by atoms with van der Waals surface area (Å²) in [6.07, 6.45) is 1.10. The Bertz CT molecular complexity index is 346. The monoisotopic (exact) mass is 238 g/mol. The van der Waals surface area contributed by atoms with Gasteiger partial charge < -0.3 is 10.2 Å². The molecule has 0 saturated heterocycles. The fraction of sp³-hybridized carbons (Fsp3) is 0.714. The molecule has 3 nitrogen and oxygen atoms in total. The molecule has 0 amide bonds. The van der Waals surface area contributed by atoms with Gasteiger partial charge in [-0.05, 0) is 45.4 Å². The number of furan rings is 1. The minimum Gasteiger partial charge on any atom is -0.465 e. The van der Waals surface area contributed by atoms with Crippen molar-refractivity contribution in [2.24, 2.45) is 11.7 Å². The molecule has 0 aromatic carbocycles. The number of nitrogens with two attached hydrogens (primary N) is 1. The van der Waals surface area contributed by atoms with E-state index in [1.165, 1.54) is 0 Å². The molecule has 17 heavy (non-hydrogen) atoms. The maximum Gasteiger partial charge on any atom is 0.118 e. The molecule has 0 fully saturated rings. The van der Waals surface area contributed by atoms with Gasteiger partial charge in [-0.1, -0.05) is 13.8 Å². The molecule has 0 radical (unpaired) electrons. The molecule has 0 aliphatic rings. The molecule has 0 saturated carbocycles. The second kappa shape index (κ2) is 5.69. The zero-order valence-corrected chi connectivity index (χ0v) is 11.8. The van der Waals surface area contributed by atoms with E-state index in [9.17, 15) is 0 Å². The van der Waals surface area contributed by atoms with Gasteiger partial charge in [0.15, 0.2) is 0 Å². The van der Waals surface area contributed by atoms with Crippen LogP contribution in [0.4, 0.5) is 0 Å². The SMILES string of the molecule is Cc1ccc(CN(C)C(C)(CN)CC(C)C)o1. The third kappa shape index (κ3) is 3.86. The molecule has 1 unspecified atom stereocenters. The predicted octanol–water partition coefficient (Wildman–Crippen LogP) is 2.78. The van der Waals surface area contributed by atoms with Crippen molar-refractivity contribution >= 4 is 0 Å². The molecule has 2 N–H and O–H groups in total. The standard InChI is InChI=1S/C14H26N2O/c1-11(2)8-14(4,10-15)16(5)9-13-7-6-12(3)17-13/h6-7,11H,8-10,15H2,1-5H3. The predicted molar refractivity (Wildman–Crippen MR) is 71.8 cm³/mol. The summed E-state index contributed by atoms with van der Waals surface area (Å²) < 4.78 is 5.62. The Morgan fingerprint density at radius 3 is 2.47 bits per heavy atom. The van der Waals surface area contributed by atoms with E-state index < -0.39 is 0 Å². The fourth-order valence-corrected chi connectivity index (χ4v) is 2.27. The van der Waals surface area contributed by atoms with Crippen LogP contribution in [0, 0.1) is 12.8 Å². The van der Waals surface area contributed by atoms with Crippen LogP contribution < -0.4 is 5.73 Å². The summed E-state index contributed by atoms with van der Waals surface area (Å²) in [5, 5.41) is 0. The van der Waals surface area contributed by atoms with E-state index in [1.807, 2.05) is 19.1 Å². The Balaban J connectivity index is 2.69. The number of hydrogen-bond donors (Lipinski definition) is 1. The van der Waals surface area contributed by atoms with E-state index in [1.54, 1.807) is 0 Å². The van der Waals surface area contributed by atoms with Crippen LogP contribution in [0.25, 0.3) is 0 Å². The lowest BCUT2D eigenvalue weighted by molar-refractivity contribution is 0.103. The quantitative estimate of drug-likeness (QED) is 0.828. The molecule has 1 rings (SSSR count). The zero-order chi connectivity index (χ0) is 13.1. The van der Waals surface area contributed by atoms with Gasteiger partial charge in [-0.25, -0.2) is 0 Å². The van der Waals surface area contributed by atoms with Crippen LogP contribution in [0.15, 0.2) is 16.5 Å². The van der Waals surface area contributed by atoms with Gasteiger partial charge in [0.2, 0.25) is 0 Å². The fourth-order valence-electron chi connectivity index (χ4n) is 2.27. The van der Waals surface area contributed by atoms with E-state index in [0.717, 1.165) is 24.5 Å². The third-order valence-corrected chi connectivity index (χ3v) is 3.40. The summed E-state index contributed by atoms with van der Waals surface area (Å²) in [5.41, 5.74) is 5.98. The molecular weight excluding hydrogens is 212 g/mol. The van der Waals surface area contributed by atoms with E-state index in [0.29, 0.717) is 12.5 Å². The third-order valence-electron chi connectivity index (χ3n) is 3.40. The van der Waals surface area contributed by atoms with Crippen molar-refractivity contribution in [3.63, 3.8) is 0 Å². The van der Waals surface area contributed by atoms with Gasteiger partial charge in [-0.2, -0.15) is 0 Å². The normalized spacial score (nSPS) is 15.5. The van der Waals surface area contributed by atoms with Crippen molar-refractivity contribution in [1.29, 1.82) is 0 Å². The Labute approximate surface area is 105 Å². The highest BCUT2D eigenvalue weighted by molar-refractivity contribution is 5.06. The van der Waals surface area contributed by atoms with Crippen LogP contribution in [-0.2, 0) is 6.54 Å². The minimum atomic E-state index is 0.0366. The topological polar surface area (TPSA) is 42.4 Å². The van der Waals surface area contributed by atoms with Crippen LogP contribution in [0.3, 0.4) is 0 Å². The molecule has 1 aromatic heterocycles. The van der Waals surface area contributed by atoms with E-state index in [-0.39, 0.29) is 5.54 Å². The summed E-state index contributed by atoms with van der Waals surface area (Å²) in [6, 6.07) is 4.05.